The van der Waals surface area contributed by atoms with E-state index in [0.717, 1.165) is 4.57 Å². The minimum Gasteiger partial charge on any atom is -0.394 e. The van der Waals surface area contributed by atoms with Crippen LogP contribution in [0, 0.1) is 6.92 Å². The highest BCUT2D eigenvalue weighted by atomic mass is 16.6. The number of rotatable bonds is 3. The first-order valence-corrected chi connectivity index (χ1v) is 6.12. The second kappa shape index (κ2) is 4.97. The van der Waals surface area contributed by atoms with E-state index in [4.69, 9.17) is 9.84 Å². The molecule has 8 nitrogen and oxygen atoms in total. The van der Waals surface area contributed by atoms with Crippen molar-refractivity contribution in [2.24, 2.45) is 0 Å². The number of hydrogen-bond donors (Lipinski definition) is 3. The predicted octanol–water partition coefficient (Wildman–Crippen LogP) is -1.77. The first-order valence-electron chi connectivity index (χ1n) is 6.12. The summed E-state index contributed by atoms with van der Waals surface area (Å²) in [5, 5.41) is 18.9. The molecular formula is C12H16N2O6. The summed E-state index contributed by atoms with van der Waals surface area (Å²) in [5.74, 6) is -0.499. The third kappa shape index (κ3) is 2.11. The number of H-pyrrole nitrogens is 1. The van der Waals surface area contributed by atoms with Gasteiger partial charge in [-0.1, -0.05) is 0 Å². The Hall–Kier alpha value is -1.77. The van der Waals surface area contributed by atoms with Crippen LogP contribution in [-0.4, -0.2) is 44.4 Å². The topological polar surface area (TPSA) is 122 Å². The van der Waals surface area contributed by atoms with Gasteiger partial charge in [0.2, 0.25) is 5.72 Å². The molecule has 110 valence electrons. The molecule has 2 rings (SSSR count). The van der Waals surface area contributed by atoms with E-state index in [2.05, 4.69) is 4.98 Å². The number of Topliss-reactive ketones (excluding diaryl/α,β-unsaturated/α-hetero) is 1. The van der Waals surface area contributed by atoms with Crippen LogP contribution in [0.5, 0.6) is 0 Å². The molecule has 0 aliphatic carbocycles. The average molecular weight is 284 g/mol. The first kappa shape index (κ1) is 14.6. The van der Waals surface area contributed by atoms with Crippen molar-refractivity contribution in [3.8, 4) is 0 Å². The van der Waals surface area contributed by atoms with E-state index in [0.29, 0.717) is 0 Å². The molecule has 1 aromatic heterocycles. The van der Waals surface area contributed by atoms with Crippen molar-refractivity contribution in [1.82, 2.24) is 9.55 Å². The smallest absolute Gasteiger partial charge is 0.331 e. The monoisotopic (exact) mass is 284 g/mol. The predicted molar refractivity (Wildman–Crippen MR) is 67.3 cm³/mol. The summed E-state index contributed by atoms with van der Waals surface area (Å²) in [6.45, 7) is 2.23. The number of aliphatic hydroxyl groups excluding tert-OH is 2. The fourth-order valence-electron chi connectivity index (χ4n) is 2.34. The van der Waals surface area contributed by atoms with E-state index in [1.807, 2.05) is 0 Å². The molecule has 20 heavy (non-hydrogen) atoms. The standard InChI is InChI=1S/C12H16N2O6/c1-6-4-14(11(19)13-10(6)18)12(7(2)16)3-8(17)9(5-15)20-12/h4,8-9,15,17H,3,5H2,1-2H3,(H,13,18,19)/t8-,9+,12-/m0/s1. The van der Waals surface area contributed by atoms with Gasteiger partial charge >= 0.3 is 5.69 Å². The molecule has 1 saturated heterocycles. The number of aromatic amines is 1. The van der Waals surface area contributed by atoms with Crippen molar-refractivity contribution in [3.05, 3.63) is 32.6 Å². The molecule has 3 atom stereocenters. The van der Waals surface area contributed by atoms with Crippen LogP contribution < -0.4 is 11.2 Å². The second-order valence-electron chi connectivity index (χ2n) is 4.89. The highest BCUT2D eigenvalue weighted by molar-refractivity contribution is 5.83. The van der Waals surface area contributed by atoms with E-state index in [9.17, 15) is 19.5 Å². The van der Waals surface area contributed by atoms with Crippen molar-refractivity contribution in [2.75, 3.05) is 6.61 Å². The fourth-order valence-corrected chi connectivity index (χ4v) is 2.34. The van der Waals surface area contributed by atoms with Crippen molar-refractivity contribution < 1.29 is 19.7 Å². The number of hydrogen-bond acceptors (Lipinski definition) is 6. The van der Waals surface area contributed by atoms with Gasteiger partial charge in [-0.25, -0.2) is 4.79 Å². The third-order valence-corrected chi connectivity index (χ3v) is 3.50. The molecule has 0 spiro atoms. The lowest BCUT2D eigenvalue weighted by molar-refractivity contribution is -0.160. The van der Waals surface area contributed by atoms with Crippen LogP contribution in [0.2, 0.25) is 0 Å². The lowest BCUT2D eigenvalue weighted by Crippen LogP contribution is -2.49. The Morgan fingerprint density at radius 1 is 1.60 bits per heavy atom. The summed E-state index contributed by atoms with van der Waals surface area (Å²) < 4.78 is 6.39. The van der Waals surface area contributed by atoms with Gasteiger partial charge in [0.05, 0.1) is 12.7 Å². The minimum absolute atomic E-state index is 0.168. The molecule has 8 heteroatoms. The summed E-state index contributed by atoms with van der Waals surface area (Å²) in [6, 6.07) is 0. The molecular weight excluding hydrogens is 268 g/mol. The SMILES string of the molecule is CC(=O)[C@]1(n2cc(C)c(=O)[nH]c2=O)C[C@H](O)[C@@H](CO)O1. The summed E-state index contributed by atoms with van der Waals surface area (Å²) in [6.07, 6.45) is -0.991. The molecule has 0 aromatic carbocycles. The number of nitrogens with zero attached hydrogens (tertiary/aromatic N) is 1. The molecule has 0 unspecified atom stereocenters. The molecule has 0 bridgehead atoms. The van der Waals surface area contributed by atoms with E-state index >= 15 is 0 Å². The van der Waals surface area contributed by atoms with Crippen molar-refractivity contribution >= 4 is 5.78 Å². The zero-order chi connectivity index (χ0) is 15.1. The van der Waals surface area contributed by atoms with Crippen molar-refractivity contribution in [2.45, 2.75) is 38.2 Å². The Bertz CT molecular complexity index is 648. The zero-order valence-corrected chi connectivity index (χ0v) is 11.1. The van der Waals surface area contributed by atoms with Crippen LogP contribution >= 0.6 is 0 Å². The lowest BCUT2D eigenvalue weighted by Gasteiger charge is -2.28. The van der Waals surface area contributed by atoms with E-state index in [1.54, 1.807) is 0 Å². The molecule has 1 aliphatic rings. The number of carbonyl (C=O) groups excluding carboxylic acids is 1. The van der Waals surface area contributed by atoms with E-state index in [-0.39, 0.29) is 12.0 Å². The quantitative estimate of drug-likeness (QED) is 0.604. The number of ether oxygens (including phenoxy) is 1. The van der Waals surface area contributed by atoms with Gasteiger partial charge in [0.1, 0.15) is 6.10 Å². The van der Waals surface area contributed by atoms with E-state index < -0.39 is 41.6 Å². The Labute approximate surface area is 113 Å². The van der Waals surface area contributed by atoms with Crippen LogP contribution in [0.15, 0.2) is 15.8 Å². The molecule has 0 amide bonds. The molecule has 2 heterocycles. The number of aromatic nitrogens is 2. The summed E-state index contributed by atoms with van der Waals surface area (Å²) in [5.41, 5.74) is -2.83. The molecule has 3 N–H and O–H groups in total. The largest absolute Gasteiger partial charge is 0.394 e. The lowest BCUT2D eigenvalue weighted by atomic mass is 10.0. The van der Waals surface area contributed by atoms with Gasteiger partial charge in [-0.3, -0.25) is 19.1 Å². The number of ketones is 1. The normalized spacial score (nSPS) is 29.6. The van der Waals surface area contributed by atoms with Crippen LogP contribution in [0.25, 0.3) is 0 Å². The highest BCUT2D eigenvalue weighted by Crippen LogP contribution is 2.35. The average Bonchev–Trinajstić information content (AvgIpc) is 2.72. The van der Waals surface area contributed by atoms with Crippen LogP contribution in [0.3, 0.4) is 0 Å². The Morgan fingerprint density at radius 3 is 2.75 bits per heavy atom. The van der Waals surface area contributed by atoms with Crippen LogP contribution in [-0.2, 0) is 15.3 Å². The van der Waals surface area contributed by atoms with Gasteiger partial charge in [-0.05, 0) is 13.8 Å². The van der Waals surface area contributed by atoms with Crippen molar-refractivity contribution in [1.29, 1.82) is 0 Å². The second-order valence-corrected chi connectivity index (χ2v) is 4.89. The maximum Gasteiger partial charge on any atom is 0.331 e. The third-order valence-electron chi connectivity index (χ3n) is 3.50. The number of aliphatic hydroxyl groups is 2. The summed E-state index contributed by atoms with van der Waals surface area (Å²) in [4.78, 5) is 37.3. The molecule has 0 saturated carbocycles. The fraction of sp³-hybridized carbons (Fsp3) is 0.583. The number of carbonyl (C=O) groups is 1. The number of aryl methyl sites for hydroxylation is 1. The summed E-state index contributed by atoms with van der Waals surface area (Å²) in [7, 11) is 0. The van der Waals surface area contributed by atoms with Crippen LogP contribution in [0.1, 0.15) is 18.9 Å². The Morgan fingerprint density at radius 2 is 2.25 bits per heavy atom. The maximum absolute atomic E-state index is 12.0. The van der Waals surface area contributed by atoms with Gasteiger partial charge in [0.15, 0.2) is 5.78 Å². The molecule has 1 aromatic rings. The Kier molecular flexibility index (Phi) is 3.63. The van der Waals surface area contributed by atoms with Gasteiger partial charge in [-0.2, -0.15) is 0 Å². The van der Waals surface area contributed by atoms with E-state index in [1.165, 1.54) is 20.0 Å². The van der Waals surface area contributed by atoms with Crippen LogP contribution in [0.4, 0.5) is 0 Å². The Balaban J connectivity index is 2.62. The number of nitrogens with one attached hydrogen (secondary N) is 1. The van der Waals surface area contributed by atoms with Gasteiger partial charge in [-0.15, -0.1) is 0 Å². The molecule has 0 radical (unpaired) electrons. The highest BCUT2D eigenvalue weighted by Gasteiger charge is 2.51. The minimum atomic E-state index is -1.71. The van der Waals surface area contributed by atoms with Gasteiger partial charge in [0, 0.05) is 18.2 Å². The van der Waals surface area contributed by atoms with Gasteiger partial charge < -0.3 is 14.9 Å². The summed E-state index contributed by atoms with van der Waals surface area (Å²) >= 11 is 0. The first-order chi connectivity index (χ1) is 9.31. The van der Waals surface area contributed by atoms with Crippen molar-refractivity contribution in [3.63, 3.8) is 0 Å². The molecule has 1 fully saturated rings. The molecule has 1 aliphatic heterocycles. The maximum atomic E-state index is 12.0. The zero-order valence-electron chi connectivity index (χ0n) is 11.1. The van der Waals surface area contributed by atoms with Gasteiger partial charge in [0.25, 0.3) is 5.56 Å².